The van der Waals surface area contributed by atoms with E-state index in [4.69, 9.17) is 5.26 Å². The summed E-state index contributed by atoms with van der Waals surface area (Å²) in [7, 11) is 1.61. The molecule has 0 aliphatic heterocycles. The number of hydrogen-bond donors (Lipinski definition) is 3. The number of nitrogens with one attached hydrogen (secondary N) is 3. The Kier molecular flexibility index (Phi) is 7.64. The minimum absolute atomic E-state index is 0.00832. The van der Waals surface area contributed by atoms with E-state index in [1.165, 1.54) is 6.42 Å². The number of guanidine groups is 1. The maximum Gasteiger partial charge on any atom is 0.204 e. The molecule has 5 rings (SSSR count). The van der Waals surface area contributed by atoms with Gasteiger partial charge in [-0.2, -0.15) is 17.0 Å². The average molecular weight is 490 g/mol. The minimum Gasteiger partial charge on any atom is -0.355 e. The van der Waals surface area contributed by atoms with Crippen molar-refractivity contribution in [2.45, 2.75) is 55.9 Å². The highest BCUT2D eigenvalue weighted by molar-refractivity contribution is 7.99. The number of Topliss-reactive ketones (excluding diaryl/α,β-unsaturated/α-hetero) is 1. The van der Waals surface area contributed by atoms with Crippen LogP contribution in [0.15, 0.2) is 9.57 Å². The van der Waals surface area contributed by atoms with E-state index in [2.05, 4.69) is 30.2 Å². The van der Waals surface area contributed by atoms with Gasteiger partial charge in [0, 0.05) is 53.7 Å². The van der Waals surface area contributed by atoms with E-state index in [0.717, 1.165) is 66.6 Å². The molecule has 11 heteroatoms. The first kappa shape index (κ1) is 24.1. The fourth-order valence-corrected chi connectivity index (χ4v) is 8.15. The number of rotatable bonds is 10. The molecule has 0 amide bonds. The first-order valence-corrected chi connectivity index (χ1v) is 13.4. The number of carbonyl (C=O) groups is 1. The van der Waals surface area contributed by atoms with Crippen LogP contribution in [-0.4, -0.2) is 45.8 Å². The van der Waals surface area contributed by atoms with Gasteiger partial charge in [-0.05, 0) is 62.7 Å². The van der Waals surface area contributed by atoms with Crippen molar-refractivity contribution in [3.63, 3.8) is 0 Å². The number of nitrogens with zero attached hydrogens (tertiary/aromatic N) is 4. The van der Waals surface area contributed by atoms with Crippen molar-refractivity contribution in [2.75, 3.05) is 19.3 Å². The van der Waals surface area contributed by atoms with E-state index in [1.54, 1.807) is 18.8 Å². The minimum atomic E-state index is -0.358. The van der Waals surface area contributed by atoms with E-state index < -0.39 is 0 Å². The Hall–Kier alpha value is -2.06. The lowest BCUT2D eigenvalue weighted by molar-refractivity contribution is -0.0177. The Balaban J connectivity index is 1.35. The number of ketones is 1. The number of thioether (sulfide) groups is 1. The number of nitroso groups, excluding NO2 is 1. The van der Waals surface area contributed by atoms with Gasteiger partial charge in [-0.25, -0.2) is 4.98 Å². The topological polar surface area (TPSA) is 135 Å². The number of carbonyl (C=O) groups excluding carboxylic acids is 1. The fourth-order valence-electron chi connectivity index (χ4n) is 6.27. The van der Waals surface area contributed by atoms with Gasteiger partial charge in [0.25, 0.3) is 0 Å². The standard InChI is InChI=1S/C22H31N7O2S2/c1-13-18(11-32-4-3-25-21(24-2)26-12-23)28-20(27-13)19(30)10-22(33-29-31)16-6-14-5-15(8-16)9-17(22)7-14/h14-17H,3-11H2,1-2H3,(H,27,28)(H2,24,25,26). The summed E-state index contributed by atoms with van der Waals surface area (Å²) in [4.78, 5) is 36.5. The van der Waals surface area contributed by atoms with Gasteiger partial charge >= 0.3 is 0 Å². The predicted molar refractivity (Wildman–Crippen MR) is 132 cm³/mol. The fraction of sp³-hybridized carbons (Fsp3) is 0.727. The molecule has 33 heavy (non-hydrogen) atoms. The van der Waals surface area contributed by atoms with E-state index in [-0.39, 0.29) is 10.5 Å². The molecule has 9 nitrogen and oxygen atoms in total. The molecule has 0 aromatic carbocycles. The molecule has 178 valence electrons. The number of aromatic nitrogens is 2. The molecule has 4 fully saturated rings. The smallest absolute Gasteiger partial charge is 0.204 e. The van der Waals surface area contributed by atoms with Gasteiger partial charge in [0.15, 0.2) is 17.8 Å². The lowest BCUT2D eigenvalue weighted by Crippen LogP contribution is -2.56. The second-order valence-electron chi connectivity index (χ2n) is 9.47. The molecule has 0 spiro atoms. The molecular weight excluding hydrogens is 458 g/mol. The van der Waals surface area contributed by atoms with Crippen molar-refractivity contribution in [1.82, 2.24) is 20.6 Å². The monoisotopic (exact) mass is 489 g/mol. The van der Waals surface area contributed by atoms with Gasteiger partial charge < -0.3 is 10.3 Å². The molecule has 4 saturated carbocycles. The van der Waals surface area contributed by atoms with Crippen LogP contribution in [-0.2, 0) is 5.75 Å². The summed E-state index contributed by atoms with van der Waals surface area (Å²) in [5.41, 5.74) is 1.78. The van der Waals surface area contributed by atoms with Crippen LogP contribution in [0.5, 0.6) is 0 Å². The Morgan fingerprint density at radius 2 is 1.97 bits per heavy atom. The molecule has 3 N–H and O–H groups in total. The summed E-state index contributed by atoms with van der Waals surface area (Å²) < 4.78 is 2.90. The lowest BCUT2D eigenvalue weighted by atomic mass is 9.50. The Labute approximate surface area is 202 Å². The van der Waals surface area contributed by atoms with Gasteiger partial charge in [-0.1, -0.05) is 0 Å². The Bertz CT molecular complexity index is 927. The lowest BCUT2D eigenvalue weighted by Gasteiger charge is -2.59. The molecular formula is C22H31N7O2S2. The van der Waals surface area contributed by atoms with Crippen LogP contribution in [0.25, 0.3) is 0 Å². The van der Waals surface area contributed by atoms with Crippen LogP contribution >= 0.6 is 23.7 Å². The van der Waals surface area contributed by atoms with Crippen molar-refractivity contribution in [2.24, 2.45) is 33.2 Å². The molecule has 1 aromatic rings. The number of aryl methyl sites for hydroxylation is 1. The van der Waals surface area contributed by atoms with Gasteiger partial charge in [0.1, 0.15) is 0 Å². The molecule has 1 aromatic heterocycles. The molecule has 4 aliphatic carbocycles. The molecule has 1 heterocycles. The third-order valence-electron chi connectivity index (χ3n) is 7.59. The third-order valence-corrected chi connectivity index (χ3v) is 9.79. The van der Waals surface area contributed by atoms with Crippen molar-refractivity contribution < 1.29 is 4.79 Å². The number of aromatic amines is 1. The summed E-state index contributed by atoms with van der Waals surface area (Å²) >= 11 is 2.83. The summed E-state index contributed by atoms with van der Waals surface area (Å²) in [6.07, 6.45) is 8.02. The summed E-state index contributed by atoms with van der Waals surface area (Å²) in [5, 5.41) is 14.2. The largest absolute Gasteiger partial charge is 0.355 e. The molecule has 4 bridgehead atoms. The molecule has 0 unspecified atom stereocenters. The van der Waals surface area contributed by atoms with Crippen LogP contribution in [0.3, 0.4) is 0 Å². The predicted octanol–water partition coefficient (Wildman–Crippen LogP) is 3.78. The van der Waals surface area contributed by atoms with E-state index in [9.17, 15) is 9.70 Å². The second-order valence-corrected chi connectivity index (χ2v) is 11.7. The third kappa shape index (κ3) is 5.06. The van der Waals surface area contributed by atoms with Gasteiger partial charge in [0.2, 0.25) is 5.96 Å². The second kappa shape index (κ2) is 10.5. The maximum atomic E-state index is 13.3. The van der Waals surface area contributed by atoms with E-state index in [1.807, 2.05) is 13.1 Å². The van der Waals surface area contributed by atoms with E-state index >= 15 is 0 Å². The SMILES string of the molecule is CN=C(NC#N)NCCSCc1nc(C(=O)CC2(SN=O)C3CC4CC(C3)CC2C4)[nH]c1C. The first-order chi connectivity index (χ1) is 16.0. The van der Waals surface area contributed by atoms with Crippen molar-refractivity contribution in [1.29, 1.82) is 5.26 Å². The van der Waals surface area contributed by atoms with Crippen LogP contribution in [0.4, 0.5) is 0 Å². The average Bonchev–Trinajstić information content (AvgIpc) is 3.16. The number of aliphatic imine (C=N–C) groups is 1. The summed E-state index contributed by atoms with van der Waals surface area (Å²) in [5.74, 6) is 4.68. The Morgan fingerprint density at radius 1 is 1.27 bits per heavy atom. The van der Waals surface area contributed by atoms with E-state index in [0.29, 0.717) is 42.3 Å². The van der Waals surface area contributed by atoms with Crippen LogP contribution in [0, 0.1) is 47.0 Å². The van der Waals surface area contributed by atoms with Crippen molar-refractivity contribution in [3.05, 3.63) is 22.1 Å². The van der Waals surface area contributed by atoms with Crippen molar-refractivity contribution >= 4 is 35.5 Å². The highest BCUT2D eigenvalue weighted by Crippen LogP contribution is 2.64. The maximum absolute atomic E-state index is 13.3. The van der Waals surface area contributed by atoms with Crippen LogP contribution in [0.1, 0.15) is 60.5 Å². The normalized spacial score (nSPS) is 30.2. The quantitative estimate of drug-likeness (QED) is 0.0660. The zero-order chi connectivity index (χ0) is 23.4. The zero-order valence-corrected chi connectivity index (χ0v) is 20.7. The number of H-pyrrole nitrogens is 1. The molecule has 0 saturated heterocycles. The molecule has 4 aliphatic rings. The van der Waals surface area contributed by atoms with Gasteiger partial charge in [-0.3, -0.25) is 15.1 Å². The summed E-state index contributed by atoms with van der Waals surface area (Å²) in [6.45, 7) is 2.60. The summed E-state index contributed by atoms with van der Waals surface area (Å²) in [6, 6.07) is 0. The number of nitriles is 1. The number of imidazole rings is 1. The highest BCUT2D eigenvalue weighted by atomic mass is 32.2. The zero-order valence-electron chi connectivity index (χ0n) is 19.1. The van der Waals surface area contributed by atoms with Gasteiger partial charge in [0.05, 0.1) is 10.4 Å². The van der Waals surface area contributed by atoms with Crippen LogP contribution < -0.4 is 10.6 Å². The molecule has 0 atom stereocenters. The highest BCUT2D eigenvalue weighted by Gasteiger charge is 2.59. The molecule has 0 radical (unpaired) electrons. The van der Waals surface area contributed by atoms with Crippen LogP contribution in [0.2, 0.25) is 0 Å². The van der Waals surface area contributed by atoms with Crippen molar-refractivity contribution in [3.8, 4) is 6.19 Å². The first-order valence-electron chi connectivity index (χ1n) is 11.5. The Morgan fingerprint density at radius 3 is 2.58 bits per heavy atom. The van der Waals surface area contributed by atoms with Gasteiger partial charge in [-0.15, -0.1) is 4.91 Å². The number of hydrogen-bond acceptors (Lipinski definition) is 8.